The normalized spacial score (nSPS) is 12.6. The number of aliphatic hydroxyl groups is 1. The van der Waals surface area contributed by atoms with Gasteiger partial charge in [0.15, 0.2) is 0 Å². The molecule has 0 spiro atoms. The fourth-order valence-electron chi connectivity index (χ4n) is 1.75. The summed E-state index contributed by atoms with van der Waals surface area (Å²) in [6.07, 6.45) is 0.452. The van der Waals surface area contributed by atoms with E-state index in [2.05, 4.69) is 4.98 Å². The van der Waals surface area contributed by atoms with E-state index in [-0.39, 0.29) is 5.82 Å². The van der Waals surface area contributed by atoms with E-state index in [0.717, 1.165) is 16.3 Å². The lowest BCUT2D eigenvalue weighted by atomic mass is 10.0. The molecule has 2 rings (SSSR count). The van der Waals surface area contributed by atoms with Gasteiger partial charge in [0.1, 0.15) is 5.82 Å². The van der Waals surface area contributed by atoms with Gasteiger partial charge in [-0.25, -0.2) is 9.37 Å². The SMILES string of the molecule is Cc1nc(CC(O)Cc2cccc(F)c2)cs1. The van der Waals surface area contributed by atoms with Crippen LogP contribution in [0.15, 0.2) is 29.6 Å². The maximum atomic E-state index is 13.0. The number of aliphatic hydroxyl groups excluding tert-OH is 1. The molecule has 2 aromatic rings. The van der Waals surface area contributed by atoms with Crippen molar-refractivity contribution in [2.75, 3.05) is 0 Å². The minimum Gasteiger partial charge on any atom is -0.392 e. The van der Waals surface area contributed by atoms with Crippen molar-refractivity contribution in [1.82, 2.24) is 4.98 Å². The Labute approximate surface area is 104 Å². The molecule has 90 valence electrons. The molecule has 0 aliphatic heterocycles. The second kappa shape index (κ2) is 5.38. The molecule has 0 radical (unpaired) electrons. The molecule has 2 nitrogen and oxygen atoms in total. The number of thiazole rings is 1. The summed E-state index contributed by atoms with van der Waals surface area (Å²) in [6, 6.07) is 6.33. The molecule has 0 saturated carbocycles. The van der Waals surface area contributed by atoms with E-state index < -0.39 is 6.10 Å². The summed E-state index contributed by atoms with van der Waals surface area (Å²) in [4.78, 5) is 4.29. The molecule has 0 fully saturated rings. The van der Waals surface area contributed by atoms with Crippen LogP contribution in [0.1, 0.15) is 16.3 Å². The number of hydrogen-bond donors (Lipinski definition) is 1. The Balaban J connectivity index is 1.95. The quantitative estimate of drug-likeness (QED) is 0.906. The van der Waals surface area contributed by atoms with E-state index in [0.29, 0.717) is 12.8 Å². The number of nitrogens with zero attached hydrogens (tertiary/aromatic N) is 1. The van der Waals surface area contributed by atoms with Gasteiger partial charge in [0.25, 0.3) is 0 Å². The summed E-state index contributed by atoms with van der Waals surface area (Å²) in [5, 5.41) is 12.8. The molecule has 1 N–H and O–H groups in total. The largest absolute Gasteiger partial charge is 0.392 e. The first-order chi connectivity index (χ1) is 8.13. The number of aromatic nitrogens is 1. The van der Waals surface area contributed by atoms with Crippen LogP contribution in [0.3, 0.4) is 0 Å². The molecule has 1 aromatic carbocycles. The van der Waals surface area contributed by atoms with Crippen LogP contribution < -0.4 is 0 Å². The monoisotopic (exact) mass is 251 g/mol. The van der Waals surface area contributed by atoms with Crippen LogP contribution in [0.5, 0.6) is 0 Å². The average molecular weight is 251 g/mol. The molecule has 1 heterocycles. The van der Waals surface area contributed by atoms with Crippen molar-refractivity contribution in [2.24, 2.45) is 0 Å². The third-order valence-electron chi connectivity index (χ3n) is 2.47. The summed E-state index contributed by atoms with van der Waals surface area (Å²) in [6.45, 7) is 1.94. The van der Waals surface area contributed by atoms with Gasteiger partial charge < -0.3 is 5.11 Å². The minimum absolute atomic E-state index is 0.265. The summed E-state index contributed by atoms with van der Waals surface area (Å²) in [7, 11) is 0. The fraction of sp³-hybridized carbons (Fsp3) is 0.308. The minimum atomic E-state index is -0.515. The predicted molar refractivity (Wildman–Crippen MR) is 66.7 cm³/mol. The molecule has 0 amide bonds. The number of halogens is 1. The van der Waals surface area contributed by atoms with Gasteiger partial charge in [0, 0.05) is 11.8 Å². The lowest BCUT2D eigenvalue weighted by molar-refractivity contribution is 0.174. The fourth-order valence-corrected chi connectivity index (χ4v) is 2.38. The maximum absolute atomic E-state index is 13.0. The Morgan fingerprint density at radius 1 is 1.41 bits per heavy atom. The number of benzene rings is 1. The Morgan fingerprint density at radius 3 is 2.88 bits per heavy atom. The molecule has 4 heteroatoms. The standard InChI is InChI=1S/C13H14FNOS/c1-9-15-12(8-17-9)7-13(16)6-10-3-2-4-11(14)5-10/h2-5,8,13,16H,6-7H2,1H3. The molecular weight excluding hydrogens is 237 g/mol. The lowest BCUT2D eigenvalue weighted by Crippen LogP contribution is -2.14. The van der Waals surface area contributed by atoms with Gasteiger partial charge in [-0.2, -0.15) is 0 Å². The topological polar surface area (TPSA) is 33.1 Å². The van der Waals surface area contributed by atoms with E-state index >= 15 is 0 Å². The summed E-state index contributed by atoms with van der Waals surface area (Å²) < 4.78 is 13.0. The first-order valence-electron chi connectivity index (χ1n) is 5.47. The highest BCUT2D eigenvalue weighted by Gasteiger charge is 2.09. The highest BCUT2D eigenvalue weighted by atomic mass is 32.1. The zero-order valence-electron chi connectivity index (χ0n) is 9.56. The third-order valence-corrected chi connectivity index (χ3v) is 3.29. The van der Waals surface area contributed by atoms with Gasteiger partial charge in [0.2, 0.25) is 0 Å². The van der Waals surface area contributed by atoms with E-state index in [1.807, 2.05) is 18.4 Å². The molecule has 1 unspecified atom stereocenters. The van der Waals surface area contributed by atoms with Crippen LogP contribution in [0.4, 0.5) is 4.39 Å². The zero-order chi connectivity index (χ0) is 12.3. The Morgan fingerprint density at radius 2 is 2.24 bits per heavy atom. The molecule has 0 bridgehead atoms. The highest BCUT2D eigenvalue weighted by molar-refractivity contribution is 7.09. The second-order valence-electron chi connectivity index (χ2n) is 4.05. The van der Waals surface area contributed by atoms with Crippen molar-refractivity contribution >= 4 is 11.3 Å². The van der Waals surface area contributed by atoms with Gasteiger partial charge >= 0.3 is 0 Å². The first kappa shape index (κ1) is 12.2. The van der Waals surface area contributed by atoms with E-state index in [1.54, 1.807) is 17.4 Å². The van der Waals surface area contributed by atoms with Crippen LogP contribution in [-0.4, -0.2) is 16.2 Å². The Hall–Kier alpha value is -1.26. The molecule has 0 aliphatic rings. The molecule has 1 atom stereocenters. The van der Waals surface area contributed by atoms with Gasteiger partial charge in [-0.05, 0) is 31.0 Å². The zero-order valence-corrected chi connectivity index (χ0v) is 10.4. The van der Waals surface area contributed by atoms with E-state index in [9.17, 15) is 9.50 Å². The Kier molecular flexibility index (Phi) is 3.86. The third kappa shape index (κ3) is 3.61. The van der Waals surface area contributed by atoms with Crippen molar-refractivity contribution in [3.63, 3.8) is 0 Å². The average Bonchev–Trinajstić information content (AvgIpc) is 2.63. The highest BCUT2D eigenvalue weighted by Crippen LogP contribution is 2.13. The Bertz CT molecular complexity index is 498. The molecule has 17 heavy (non-hydrogen) atoms. The predicted octanol–water partition coefficient (Wildman–Crippen LogP) is 2.74. The van der Waals surface area contributed by atoms with Crippen LogP contribution in [0.25, 0.3) is 0 Å². The summed E-state index contributed by atoms with van der Waals surface area (Å²) in [5.41, 5.74) is 1.71. The molecule has 1 aromatic heterocycles. The van der Waals surface area contributed by atoms with E-state index in [4.69, 9.17) is 0 Å². The molecule has 0 aliphatic carbocycles. The van der Waals surface area contributed by atoms with Crippen LogP contribution in [-0.2, 0) is 12.8 Å². The van der Waals surface area contributed by atoms with Crippen LogP contribution in [0, 0.1) is 12.7 Å². The smallest absolute Gasteiger partial charge is 0.123 e. The van der Waals surface area contributed by atoms with Crippen molar-refractivity contribution < 1.29 is 9.50 Å². The molecular formula is C13H14FNOS. The van der Waals surface area contributed by atoms with Crippen LogP contribution in [0.2, 0.25) is 0 Å². The van der Waals surface area contributed by atoms with Gasteiger partial charge in [-0.15, -0.1) is 11.3 Å². The van der Waals surface area contributed by atoms with Gasteiger partial charge in [0.05, 0.1) is 16.8 Å². The van der Waals surface area contributed by atoms with Crippen LogP contribution >= 0.6 is 11.3 Å². The lowest BCUT2D eigenvalue weighted by Gasteiger charge is -2.08. The van der Waals surface area contributed by atoms with Crippen molar-refractivity contribution in [3.05, 3.63) is 51.7 Å². The molecule has 0 saturated heterocycles. The second-order valence-corrected chi connectivity index (χ2v) is 5.11. The maximum Gasteiger partial charge on any atom is 0.123 e. The number of rotatable bonds is 4. The van der Waals surface area contributed by atoms with Crippen molar-refractivity contribution in [2.45, 2.75) is 25.9 Å². The number of hydrogen-bond acceptors (Lipinski definition) is 3. The van der Waals surface area contributed by atoms with Gasteiger partial charge in [-0.3, -0.25) is 0 Å². The summed E-state index contributed by atoms with van der Waals surface area (Å²) in [5.74, 6) is -0.265. The number of aryl methyl sites for hydroxylation is 1. The summed E-state index contributed by atoms with van der Waals surface area (Å²) >= 11 is 1.57. The van der Waals surface area contributed by atoms with Crippen molar-refractivity contribution in [3.8, 4) is 0 Å². The van der Waals surface area contributed by atoms with E-state index in [1.165, 1.54) is 12.1 Å². The van der Waals surface area contributed by atoms with Crippen molar-refractivity contribution in [1.29, 1.82) is 0 Å². The van der Waals surface area contributed by atoms with Gasteiger partial charge in [-0.1, -0.05) is 12.1 Å². The first-order valence-corrected chi connectivity index (χ1v) is 6.35.